The number of rotatable bonds is 14. The largest absolute Gasteiger partial charge is 0.464 e. The van der Waals surface area contributed by atoms with E-state index in [-0.39, 0.29) is 0 Å². The van der Waals surface area contributed by atoms with Crippen LogP contribution < -0.4 is 5.32 Å². The Morgan fingerprint density at radius 2 is 1.00 bits per heavy atom. The van der Waals surface area contributed by atoms with Crippen LogP contribution in [0, 0.1) is 5.92 Å². The normalized spacial score (nSPS) is 15.7. The highest BCUT2D eigenvalue weighted by Crippen LogP contribution is 2.64. The molecule has 0 aromatic carbocycles. The number of hydrogen-bond donors (Lipinski definition) is 1. The van der Waals surface area contributed by atoms with Gasteiger partial charge in [-0.25, -0.2) is 4.79 Å². The van der Waals surface area contributed by atoms with E-state index in [9.17, 15) is 97.4 Å². The lowest BCUT2D eigenvalue weighted by Gasteiger charge is -2.42. The third-order valence-electron chi connectivity index (χ3n) is 5.49. The Hall–Kier alpha value is -2.72. The Morgan fingerprint density at radius 1 is 0.636 bits per heavy atom. The van der Waals surface area contributed by atoms with Crippen LogP contribution in [0.2, 0.25) is 0 Å². The second kappa shape index (κ2) is 12.2. The summed E-state index contributed by atoms with van der Waals surface area (Å²) < 4.78 is 267. The van der Waals surface area contributed by atoms with Crippen LogP contribution in [-0.4, -0.2) is 78.3 Å². The number of ether oxygens (including phenoxy) is 1. The summed E-state index contributed by atoms with van der Waals surface area (Å²) in [6.07, 6.45) is -17.9. The van der Waals surface area contributed by atoms with Crippen LogP contribution in [-0.2, 0) is 14.3 Å². The summed E-state index contributed by atoms with van der Waals surface area (Å²) in [6.45, 7) is 2.84. The minimum atomic E-state index is -8.77. The van der Waals surface area contributed by atoms with Gasteiger partial charge in [0.1, 0.15) is 11.6 Å². The van der Waals surface area contributed by atoms with Crippen LogP contribution >= 0.6 is 0 Å². The van der Waals surface area contributed by atoms with Crippen LogP contribution in [0.5, 0.6) is 0 Å². The first-order chi connectivity index (χ1) is 19.0. The van der Waals surface area contributed by atoms with Crippen molar-refractivity contribution in [1.82, 2.24) is 5.32 Å². The van der Waals surface area contributed by atoms with E-state index >= 15 is 0 Å². The molecular formula is C20H17F20NO3. The molecule has 1 amide bonds. The number of nitrogens with one attached hydrogen (secondary N) is 1. The van der Waals surface area contributed by atoms with Gasteiger partial charge in [0.15, 0.2) is 0 Å². The lowest BCUT2D eigenvalue weighted by Crippen LogP contribution is -2.74. The minimum absolute atomic E-state index is 1.05. The van der Waals surface area contributed by atoms with E-state index in [0.29, 0.717) is 0 Å². The maximum Gasteiger partial charge on any atom is 0.460 e. The molecule has 0 aliphatic rings. The zero-order valence-corrected chi connectivity index (χ0v) is 21.3. The number of carbonyl (C=O) groups excluding carboxylic acids is 2. The first-order valence-corrected chi connectivity index (χ1v) is 11.0. The molecule has 0 spiro atoms. The molecule has 0 rings (SSSR count). The first-order valence-electron chi connectivity index (χ1n) is 11.0. The third-order valence-corrected chi connectivity index (χ3v) is 5.49. The fourth-order valence-electron chi connectivity index (χ4n) is 2.76. The average Bonchev–Trinajstić information content (AvgIpc) is 2.81. The molecular weight excluding hydrogens is 682 g/mol. The summed E-state index contributed by atoms with van der Waals surface area (Å²) in [5.74, 6) is -62.5. The summed E-state index contributed by atoms with van der Waals surface area (Å²) in [6, 6.07) is -2.05. The summed E-state index contributed by atoms with van der Waals surface area (Å²) in [5.41, 5.74) is -2.05. The van der Waals surface area contributed by atoms with Crippen LogP contribution in [0.3, 0.4) is 0 Å². The van der Waals surface area contributed by atoms with Crippen molar-refractivity contribution in [2.45, 2.75) is 86.5 Å². The molecule has 0 saturated carbocycles. The molecule has 44 heavy (non-hydrogen) atoms. The standard InChI is InChI=1S/C20H17F20NO3/c1-7(2)9(41-10(42)8(3)13(23,24)25)11(43)44-6-4-5-12(21,22)14(26,27)15(28,29)16(30,31)17(32,33)18(34,35)19(36,37)20(38,39)40/h7,9H,3-6H2,1-2H3,(H,41,42)/t9-/m0/s1. The smallest absolute Gasteiger partial charge is 0.460 e. The highest BCUT2D eigenvalue weighted by Gasteiger charge is 2.95. The number of hydrogen-bond acceptors (Lipinski definition) is 3. The molecule has 1 N–H and O–H groups in total. The highest BCUT2D eigenvalue weighted by atomic mass is 19.4. The zero-order valence-electron chi connectivity index (χ0n) is 21.3. The van der Waals surface area contributed by atoms with Crippen molar-refractivity contribution in [2.24, 2.45) is 5.92 Å². The highest BCUT2D eigenvalue weighted by molar-refractivity contribution is 5.96. The second-order valence-electron chi connectivity index (χ2n) is 9.09. The average molecular weight is 699 g/mol. The van der Waals surface area contributed by atoms with E-state index in [0.717, 1.165) is 13.8 Å². The number of alkyl halides is 20. The van der Waals surface area contributed by atoms with Crippen molar-refractivity contribution >= 4 is 11.9 Å². The van der Waals surface area contributed by atoms with Crippen molar-refractivity contribution in [3.05, 3.63) is 12.2 Å². The van der Waals surface area contributed by atoms with Crippen LogP contribution in [0.4, 0.5) is 87.8 Å². The number of halogens is 20. The van der Waals surface area contributed by atoms with Gasteiger partial charge in [-0.05, 0) is 12.3 Å². The molecule has 0 aliphatic carbocycles. The summed E-state index contributed by atoms with van der Waals surface area (Å²) in [5, 5.41) is 1.45. The second-order valence-corrected chi connectivity index (χ2v) is 9.09. The van der Waals surface area contributed by atoms with E-state index in [4.69, 9.17) is 0 Å². The van der Waals surface area contributed by atoms with E-state index in [2.05, 4.69) is 11.3 Å². The van der Waals surface area contributed by atoms with E-state index in [1.807, 2.05) is 0 Å². The third kappa shape index (κ3) is 7.06. The van der Waals surface area contributed by atoms with Gasteiger partial charge in [-0.2, -0.15) is 87.8 Å². The molecule has 4 nitrogen and oxygen atoms in total. The molecule has 1 atom stereocenters. The Kier molecular flexibility index (Phi) is 11.5. The number of esters is 1. The molecule has 0 aromatic heterocycles. The molecule has 0 aliphatic heterocycles. The van der Waals surface area contributed by atoms with E-state index in [1.54, 1.807) is 0 Å². The molecule has 0 saturated heterocycles. The molecule has 0 heterocycles. The molecule has 0 radical (unpaired) electrons. The zero-order chi connectivity index (χ0) is 35.9. The van der Waals surface area contributed by atoms with Crippen molar-refractivity contribution in [2.75, 3.05) is 6.61 Å². The van der Waals surface area contributed by atoms with Gasteiger partial charge >= 0.3 is 59.8 Å². The Bertz CT molecular complexity index is 1060. The van der Waals surface area contributed by atoms with Gasteiger partial charge in [0.25, 0.3) is 5.91 Å². The predicted octanol–water partition coefficient (Wildman–Crippen LogP) is 7.58. The Morgan fingerprint density at radius 3 is 1.34 bits per heavy atom. The molecule has 260 valence electrons. The number of amides is 1. The van der Waals surface area contributed by atoms with Crippen molar-refractivity contribution in [3.63, 3.8) is 0 Å². The fraction of sp³-hybridized carbons (Fsp3) is 0.800. The van der Waals surface area contributed by atoms with Gasteiger partial charge in [0, 0.05) is 6.42 Å². The molecule has 24 heteroatoms. The topological polar surface area (TPSA) is 55.4 Å². The van der Waals surface area contributed by atoms with Crippen LogP contribution in [0.15, 0.2) is 12.2 Å². The summed E-state index contributed by atoms with van der Waals surface area (Å²) >= 11 is 0. The fourth-order valence-corrected chi connectivity index (χ4v) is 2.76. The minimum Gasteiger partial charge on any atom is -0.464 e. The predicted molar refractivity (Wildman–Crippen MR) is 103 cm³/mol. The molecule has 0 bridgehead atoms. The Balaban J connectivity index is 5.94. The van der Waals surface area contributed by atoms with Gasteiger partial charge in [-0.1, -0.05) is 20.4 Å². The van der Waals surface area contributed by atoms with Crippen LogP contribution in [0.25, 0.3) is 0 Å². The van der Waals surface area contributed by atoms with Crippen molar-refractivity contribution in [3.8, 4) is 0 Å². The Labute approximate surface area is 231 Å². The molecule has 0 unspecified atom stereocenters. The summed E-state index contributed by atoms with van der Waals surface area (Å²) in [7, 11) is 0. The van der Waals surface area contributed by atoms with Crippen molar-refractivity contribution < 1.29 is 102 Å². The van der Waals surface area contributed by atoms with Crippen molar-refractivity contribution in [1.29, 1.82) is 0 Å². The van der Waals surface area contributed by atoms with Crippen LogP contribution in [0.1, 0.15) is 26.7 Å². The van der Waals surface area contributed by atoms with Gasteiger partial charge in [-0.3, -0.25) is 4.79 Å². The van der Waals surface area contributed by atoms with Gasteiger partial charge in [0.2, 0.25) is 0 Å². The maximum atomic E-state index is 13.9. The maximum absolute atomic E-state index is 13.9. The van der Waals surface area contributed by atoms with Gasteiger partial charge in [0.05, 0.1) is 6.61 Å². The summed E-state index contributed by atoms with van der Waals surface area (Å²) in [4.78, 5) is 23.5. The van der Waals surface area contributed by atoms with Gasteiger partial charge in [-0.15, -0.1) is 0 Å². The first kappa shape index (κ1) is 41.3. The SMILES string of the molecule is C=C(C(=O)N[C@H](C(=O)OCCCC(F)(F)C(F)(F)C(F)(F)C(F)(F)C(F)(F)C(F)(F)C(F)(F)C(F)(F)F)C(C)C)C(F)(F)F. The molecule has 0 fully saturated rings. The lowest BCUT2D eigenvalue weighted by molar-refractivity contribution is -0.461. The quantitative estimate of drug-likeness (QED) is 0.0881. The number of carbonyl (C=O) groups is 2. The monoisotopic (exact) mass is 699 g/mol. The van der Waals surface area contributed by atoms with E-state index in [1.165, 1.54) is 5.32 Å². The van der Waals surface area contributed by atoms with Gasteiger partial charge < -0.3 is 10.1 Å². The van der Waals surface area contributed by atoms with E-state index < -0.39 is 103 Å². The molecule has 0 aromatic rings. The lowest BCUT2D eigenvalue weighted by atomic mass is 9.88.